The van der Waals surface area contributed by atoms with Gasteiger partial charge in [-0.3, -0.25) is 0 Å². The minimum absolute atomic E-state index is 0.192. The molecule has 1 aliphatic rings. The third-order valence-electron chi connectivity index (χ3n) is 3.21. The Hall–Kier alpha value is -1.06. The number of nitrogens with zero attached hydrogens (tertiary/aromatic N) is 1. The van der Waals surface area contributed by atoms with Gasteiger partial charge in [0.2, 0.25) is 0 Å². The number of ether oxygens (including phenoxy) is 1. The first-order valence-corrected chi connectivity index (χ1v) is 5.94. The fraction of sp³-hybridized carbons (Fsp3) is 0.538. The van der Waals surface area contributed by atoms with Gasteiger partial charge in [0, 0.05) is 30.7 Å². The summed E-state index contributed by atoms with van der Waals surface area (Å²) in [5.74, 6) is 0.458. The molecule has 1 saturated heterocycles. The number of anilines is 1. The van der Waals surface area contributed by atoms with E-state index in [2.05, 4.69) is 36.1 Å². The first-order valence-electron chi connectivity index (χ1n) is 5.94. The maximum Gasteiger partial charge on any atom is 0.0621 e. The van der Waals surface area contributed by atoms with Gasteiger partial charge in [0.25, 0.3) is 0 Å². The van der Waals surface area contributed by atoms with Crippen molar-refractivity contribution in [2.24, 2.45) is 11.7 Å². The van der Waals surface area contributed by atoms with E-state index in [1.807, 2.05) is 6.07 Å². The lowest BCUT2D eigenvalue weighted by Gasteiger charge is -2.27. The van der Waals surface area contributed by atoms with Crippen LogP contribution in [0.15, 0.2) is 30.3 Å². The van der Waals surface area contributed by atoms with Crippen LogP contribution in [0.25, 0.3) is 0 Å². The molecule has 1 aromatic carbocycles. The van der Waals surface area contributed by atoms with Gasteiger partial charge in [-0.15, -0.1) is 0 Å². The number of benzene rings is 1. The molecule has 0 saturated carbocycles. The Morgan fingerprint density at radius 3 is 2.62 bits per heavy atom. The van der Waals surface area contributed by atoms with Crippen molar-refractivity contribution in [2.45, 2.75) is 13.0 Å². The summed E-state index contributed by atoms with van der Waals surface area (Å²) in [6, 6.07) is 10.7. The summed E-state index contributed by atoms with van der Waals surface area (Å²) in [5, 5.41) is 0. The molecular weight excluding hydrogens is 200 g/mol. The SMILES string of the molecule is CCN(CC1COCC1N)c1ccccc1. The van der Waals surface area contributed by atoms with E-state index < -0.39 is 0 Å². The average Bonchev–Trinajstić information content (AvgIpc) is 2.73. The molecule has 1 aromatic rings. The number of para-hydroxylation sites is 1. The molecule has 2 N–H and O–H groups in total. The van der Waals surface area contributed by atoms with Gasteiger partial charge < -0.3 is 15.4 Å². The number of hydrogen-bond donors (Lipinski definition) is 1. The Labute approximate surface area is 97.2 Å². The fourth-order valence-electron chi connectivity index (χ4n) is 2.14. The summed E-state index contributed by atoms with van der Waals surface area (Å²) in [4.78, 5) is 2.36. The number of rotatable bonds is 4. The highest BCUT2D eigenvalue weighted by Gasteiger charge is 2.26. The van der Waals surface area contributed by atoms with Gasteiger partial charge in [0.1, 0.15) is 0 Å². The van der Waals surface area contributed by atoms with Crippen LogP contribution in [0.1, 0.15) is 6.92 Å². The van der Waals surface area contributed by atoms with Crippen molar-refractivity contribution in [3.63, 3.8) is 0 Å². The lowest BCUT2D eigenvalue weighted by atomic mass is 10.0. The second kappa shape index (κ2) is 5.32. The Balaban J connectivity index is 2.00. The quantitative estimate of drug-likeness (QED) is 0.835. The molecule has 2 rings (SSSR count). The third kappa shape index (κ3) is 2.54. The van der Waals surface area contributed by atoms with Crippen LogP contribution in [0.3, 0.4) is 0 Å². The summed E-state index contributed by atoms with van der Waals surface area (Å²) in [6.07, 6.45) is 0. The van der Waals surface area contributed by atoms with E-state index in [9.17, 15) is 0 Å². The summed E-state index contributed by atoms with van der Waals surface area (Å²) in [6.45, 7) is 5.67. The van der Waals surface area contributed by atoms with Crippen LogP contribution in [0.2, 0.25) is 0 Å². The highest BCUT2D eigenvalue weighted by atomic mass is 16.5. The van der Waals surface area contributed by atoms with Gasteiger partial charge in [-0.2, -0.15) is 0 Å². The Morgan fingerprint density at radius 1 is 1.31 bits per heavy atom. The molecule has 1 fully saturated rings. The van der Waals surface area contributed by atoms with Gasteiger partial charge in [0.15, 0.2) is 0 Å². The molecule has 0 radical (unpaired) electrons. The van der Waals surface area contributed by atoms with Gasteiger partial charge >= 0.3 is 0 Å². The van der Waals surface area contributed by atoms with E-state index in [1.54, 1.807) is 0 Å². The van der Waals surface area contributed by atoms with Crippen molar-refractivity contribution in [1.82, 2.24) is 0 Å². The summed E-state index contributed by atoms with van der Waals surface area (Å²) < 4.78 is 5.40. The van der Waals surface area contributed by atoms with Crippen LogP contribution in [0, 0.1) is 5.92 Å². The molecule has 0 aliphatic carbocycles. The van der Waals surface area contributed by atoms with Crippen LogP contribution in [0.4, 0.5) is 5.69 Å². The average molecular weight is 220 g/mol. The van der Waals surface area contributed by atoms with Crippen molar-refractivity contribution in [2.75, 3.05) is 31.2 Å². The van der Waals surface area contributed by atoms with Crippen molar-refractivity contribution < 1.29 is 4.74 Å². The summed E-state index contributed by atoms with van der Waals surface area (Å²) in [5.41, 5.74) is 7.28. The second-order valence-corrected chi connectivity index (χ2v) is 4.34. The fourth-order valence-corrected chi connectivity index (χ4v) is 2.14. The zero-order valence-corrected chi connectivity index (χ0v) is 9.80. The Morgan fingerprint density at radius 2 is 2.06 bits per heavy atom. The van der Waals surface area contributed by atoms with E-state index in [4.69, 9.17) is 10.5 Å². The molecule has 0 spiro atoms. The van der Waals surface area contributed by atoms with E-state index >= 15 is 0 Å². The number of hydrogen-bond acceptors (Lipinski definition) is 3. The van der Waals surface area contributed by atoms with Gasteiger partial charge in [-0.05, 0) is 19.1 Å². The van der Waals surface area contributed by atoms with Crippen LogP contribution < -0.4 is 10.6 Å². The predicted molar refractivity (Wildman–Crippen MR) is 66.6 cm³/mol. The minimum Gasteiger partial charge on any atom is -0.379 e. The molecule has 16 heavy (non-hydrogen) atoms. The lowest BCUT2D eigenvalue weighted by Crippen LogP contribution is -2.38. The largest absolute Gasteiger partial charge is 0.379 e. The van der Waals surface area contributed by atoms with Crippen molar-refractivity contribution in [3.8, 4) is 0 Å². The van der Waals surface area contributed by atoms with E-state index in [1.165, 1.54) is 5.69 Å². The van der Waals surface area contributed by atoms with Crippen LogP contribution in [-0.2, 0) is 4.74 Å². The molecule has 2 unspecified atom stereocenters. The zero-order valence-electron chi connectivity index (χ0n) is 9.80. The van der Waals surface area contributed by atoms with Gasteiger partial charge in [0.05, 0.1) is 13.2 Å². The molecule has 3 heteroatoms. The predicted octanol–water partition coefficient (Wildman–Crippen LogP) is 1.49. The zero-order chi connectivity index (χ0) is 11.4. The van der Waals surface area contributed by atoms with Gasteiger partial charge in [-0.25, -0.2) is 0 Å². The highest BCUT2D eigenvalue weighted by molar-refractivity contribution is 5.45. The molecule has 1 aliphatic heterocycles. The minimum atomic E-state index is 0.192. The van der Waals surface area contributed by atoms with Crippen LogP contribution in [0.5, 0.6) is 0 Å². The maximum atomic E-state index is 6.01. The molecule has 0 aromatic heterocycles. The maximum absolute atomic E-state index is 6.01. The summed E-state index contributed by atoms with van der Waals surface area (Å²) in [7, 11) is 0. The summed E-state index contributed by atoms with van der Waals surface area (Å²) >= 11 is 0. The second-order valence-electron chi connectivity index (χ2n) is 4.34. The Bertz CT molecular complexity index is 315. The van der Waals surface area contributed by atoms with E-state index in [0.717, 1.165) is 19.7 Å². The normalized spacial score (nSPS) is 24.6. The first-order chi connectivity index (χ1) is 7.81. The number of nitrogens with two attached hydrogens (primary N) is 1. The van der Waals surface area contributed by atoms with Crippen molar-refractivity contribution in [1.29, 1.82) is 0 Å². The molecule has 0 amide bonds. The van der Waals surface area contributed by atoms with Crippen LogP contribution in [-0.4, -0.2) is 32.3 Å². The lowest BCUT2D eigenvalue weighted by molar-refractivity contribution is 0.185. The van der Waals surface area contributed by atoms with Crippen LogP contribution >= 0.6 is 0 Å². The molecule has 3 nitrogen and oxygen atoms in total. The third-order valence-corrected chi connectivity index (χ3v) is 3.21. The monoisotopic (exact) mass is 220 g/mol. The smallest absolute Gasteiger partial charge is 0.0621 e. The molecular formula is C13H20N2O. The molecule has 88 valence electrons. The molecule has 0 bridgehead atoms. The van der Waals surface area contributed by atoms with E-state index in [-0.39, 0.29) is 6.04 Å². The topological polar surface area (TPSA) is 38.5 Å². The van der Waals surface area contributed by atoms with Crippen molar-refractivity contribution in [3.05, 3.63) is 30.3 Å². The van der Waals surface area contributed by atoms with Gasteiger partial charge in [-0.1, -0.05) is 18.2 Å². The molecule has 2 atom stereocenters. The standard InChI is InChI=1S/C13H20N2O/c1-2-15(12-6-4-3-5-7-12)8-11-9-16-10-13(11)14/h3-7,11,13H,2,8-10,14H2,1H3. The van der Waals surface area contributed by atoms with E-state index in [0.29, 0.717) is 12.5 Å². The van der Waals surface area contributed by atoms with Crippen molar-refractivity contribution >= 4 is 5.69 Å². The first kappa shape index (κ1) is 11.4. The highest BCUT2D eigenvalue weighted by Crippen LogP contribution is 2.18. The molecule has 1 heterocycles. The Kier molecular flexibility index (Phi) is 3.80.